The summed E-state index contributed by atoms with van der Waals surface area (Å²) in [7, 11) is 2.29. The lowest BCUT2D eigenvalue weighted by Crippen LogP contribution is -2.47. The van der Waals surface area contributed by atoms with Gasteiger partial charge in [0, 0.05) is 23.4 Å². The first-order valence-corrected chi connectivity index (χ1v) is 10.2. The third-order valence-electron chi connectivity index (χ3n) is 6.88. The Balaban J connectivity index is 1.62. The molecule has 1 aromatic rings. The minimum atomic E-state index is 0.324. The summed E-state index contributed by atoms with van der Waals surface area (Å²) >= 11 is 6.36. The molecule has 3 fully saturated rings. The van der Waals surface area contributed by atoms with Gasteiger partial charge in [0.2, 0.25) is 5.89 Å². The van der Waals surface area contributed by atoms with Gasteiger partial charge in [0.1, 0.15) is 0 Å². The van der Waals surface area contributed by atoms with Crippen molar-refractivity contribution in [3.05, 3.63) is 11.7 Å². The van der Waals surface area contributed by atoms with Crippen LogP contribution in [0.1, 0.15) is 82.3 Å². The van der Waals surface area contributed by atoms with E-state index in [1.54, 1.807) is 0 Å². The minimum absolute atomic E-state index is 0.324. The van der Waals surface area contributed by atoms with Gasteiger partial charge in [-0.3, -0.25) is 4.90 Å². The van der Waals surface area contributed by atoms with Gasteiger partial charge >= 0.3 is 0 Å². The van der Waals surface area contributed by atoms with Crippen LogP contribution in [0.25, 0.3) is 0 Å². The Bertz CT molecular complexity index is 567. The summed E-state index contributed by atoms with van der Waals surface area (Å²) < 4.78 is 5.79. The maximum Gasteiger partial charge on any atom is 0.231 e. The molecule has 5 heteroatoms. The fourth-order valence-corrected chi connectivity index (χ4v) is 5.71. The van der Waals surface area contributed by atoms with Crippen molar-refractivity contribution in [2.24, 2.45) is 11.8 Å². The average molecular weight is 352 g/mol. The highest BCUT2D eigenvalue weighted by Gasteiger charge is 2.50. The number of halogens is 1. The standard InChI is InChI=1S/C19H30ClN3O/c1-11(2)18-21-19(24-22-18)17-15(12-4-6-13(20)7-5-12)10-14-8-9-16(17)23(14)3/h11-17H,4-10H2,1-3H3/t12?,13?,14?,15-,16?,17?/m1/s1. The average Bonchev–Trinajstić information content (AvgIpc) is 3.12. The second-order valence-electron chi connectivity index (χ2n) is 8.55. The van der Waals surface area contributed by atoms with Crippen molar-refractivity contribution in [1.82, 2.24) is 15.0 Å². The highest BCUT2D eigenvalue weighted by molar-refractivity contribution is 6.20. The summed E-state index contributed by atoms with van der Waals surface area (Å²) in [5, 5.41) is 4.65. The highest BCUT2D eigenvalue weighted by atomic mass is 35.5. The Morgan fingerprint density at radius 1 is 1.12 bits per heavy atom. The monoisotopic (exact) mass is 351 g/mol. The van der Waals surface area contributed by atoms with Crippen LogP contribution in [0, 0.1) is 11.8 Å². The Morgan fingerprint density at radius 3 is 2.54 bits per heavy atom. The number of aromatic nitrogens is 2. The largest absolute Gasteiger partial charge is 0.339 e. The lowest BCUT2D eigenvalue weighted by molar-refractivity contribution is 0.0497. The van der Waals surface area contributed by atoms with Gasteiger partial charge in [0.15, 0.2) is 5.82 Å². The molecular formula is C19H30ClN3O. The first-order chi connectivity index (χ1) is 11.5. The molecule has 0 N–H and O–H groups in total. The number of piperidine rings is 1. The third kappa shape index (κ3) is 2.90. The summed E-state index contributed by atoms with van der Waals surface area (Å²) in [6.45, 7) is 4.26. The van der Waals surface area contributed by atoms with Gasteiger partial charge in [0.25, 0.3) is 0 Å². The van der Waals surface area contributed by atoms with E-state index in [2.05, 4.69) is 31.0 Å². The minimum Gasteiger partial charge on any atom is -0.339 e. The van der Waals surface area contributed by atoms with Gasteiger partial charge < -0.3 is 4.52 Å². The first-order valence-electron chi connectivity index (χ1n) is 9.74. The number of fused-ring (bicyclic) bond motifs is 2. The van der Waals surface area contributed by atoms with Crippen molar-refractivity contribution in [2.45, 2.75) is 88.1 Å². The van der Waals surface area contributed by atoms with Gasteiger partial charge in [0.05, 0.1) is 5.92 Å². The van der Waals surface area contributed by atoms with E-state index >= 15 is 0 Å². The zero-order valence-electron chi connectivity index (χ0n) is 15.1. The van der Waals surface area contributed by atoms with E-state index in [4.69, 9.17) is 21.1 Å². The van der Waals surface area contributed by atoms with Gasteiger partial charge in [-0.15, -0.1) is 11.6 Å². The predicted molar refractivity (Wildman–Crippen MR) is 95.4 cm³/mol. The van der Waals surface area contributed by atoms with Crippen molar-refractivity contribution in [3.8, 4) is 0 Å². The molecule has 4 nitrogen and oxygen atoms in total. The molecule has 1 saturated carbocycles. The Labute approximate surface area is 150 Å². The second-order valence-corrected chi connectivity index (χ2v) is 9.16. The number of rotatable bonds is 3. The Hall–Kier alpha value is -0.610. The van der Waals surface area contributed by atoms with E-state index < -0.39 is 0 Å². The van der Waals surface area contributed by atoms with Crippen molar-refractivity contribution in [1.29, 1.82) is 0 Å². The van der Waals surface area contributed by atoms with E-state index in [-0.39, 0.29) is 0 Å². The van der Waals surface area contributed by atoms with Gasteiger partial charge in [-0.2, -0.15) is 4.98 Å². The van der Waals surface area contributed by atoms with Crippen LogP contribution in [0.3, 0.4) is 0 Å². The zero-order chi connectivity index (χ0) is 16.8. The maximum absolute atomic E-state index is 6.36. The zero-order valence-corrected chi connectivity index (χ0v) is 15.9. The van der Waals surface area contributed by atoms with Crippen LogP contribution in [0.2, 0.25) is 0 Å². The van der Waals surface area contributed by atoms with E-state index in [0.29, 0.717) is 29.2 Å². The smallest absolute Gasteiger partial charge is 0.231 e. The lowest BCUT2D eigenvalue weighted by atomic mass is 9.68. The second kappa shape index (κ2) is 6.60. The van der Waals surface area contributed by atoms with Crippen molar-refractivity contribution in [2.75, 3.05) is 7.05 Å². The summed E-state index contributed by atoms with van der Waals surface area (Å²) in [6.07, 6.45) is 8.75. The molecule has 1 aliphatic carbocycles. The summed E-state index contributed by atoms with van der Waals surface area (Å²) in [6, 6.07) is 1.32. The third-order valence-corrected chi connectivity index (χ3v) is 7.32. The fraction of sp³-hybridized carbons (Fsp3) is 0.895. The molecule has 0 spiro atoms. The topological polar surface area (TPSA) is 42.2 Å². The first kappa shape index (κ1) is 16.8. The van der Waals surface area contributed by atoms with Crippen LogP contribution in [-0.4, -0.2) is 39.5 Å². The molecule has 4 rings (SSSR count). The molecule has 4 atom stereocenters. The van der Waals surface area contributed by atoms with E-state index in [9.17, 15) is 0 Å². The number of hydrogen-bond acceptors (Lipinski definition) is 4. The Kier molecular flexibility index (Phi) is 4.63. The van der Waals surface area contributed by atoms with E-state index in [1.165, 1.54) is 44.9 Å². The molecule has 3 unspecified atom stereocenters. The summed E-state index contributed by atoms with van der Waals surface area (Å²) in [5.74, 6) is 3.94. The molecule has 2 aliphatic heterocycles. The quantitative estimate of drug-likeness (QED) is 0.749. The number of alkyl halides is 1. The molecule has 1 aromatic heterocycles. The molecular weight excluding hydrogens is 322 g/mol. The number of nitrogens with zero attached hydrogens (tertiary/aromatic N) is 3. The molecule has 0 radical (unpaired) electrons. The van der Waals surface area contributed by atoms with Crippen LogP contribution < -0.4 is 0 Å². The summed E-state index contributed by atoms with van der Waals surface area (Å²) in [4.78, 5) is 7.40. The number of hydrogen-bond donors (Lipinski definition) is 0. The molecule has 0 amide bonds. The normalized spacial score (nSPS) is 40.4. The molecule has 134 valence electrons. The van der Waals surface area contributed by atoms with Crippen molar-refractivity contribution in [3.63, 3.8) is 0 Å². The van der Waals surface area contributed by atoms with E-state index in [0.717, 1.165) is 23.7 Å². The highest BCUT2D eigenvalue weighted by Crippen LogP contribution is 2.51. The molecule has 3 heterocycles. The van der Waals surface area contributed by atoms with Crippen molar-refractivity contribution < 1.29 is 4.52 Å². The Morgan fingerprint density at radius 2 is 1.88 bits per heavy atom. The molecule has 24 heavy (non-hydrogen) atoms. The molecule has 3 aliphatic rings. The predicted octanol–water partition coefficient (Wildman–Crippen LogP) is 4.56. The van der Waals surface area contributed by atoms with Crippen LogP contribution in [0.4, 0.5) is 0 Å². The van der Waals surface area contributed by atoms with E-state index in [1.807, 2.05) is 0 Å². The van der Waals surface area contributed by atoms with Gasteiger partial charge in [-0.25, -0.2) is 0 Å². The lowest BCUT2D eigenvalue weighted by Gasteiger charge is -2.45. The van der Waals surface area contributed by atoms with Crippen LogP contribution >= 0.6 is 11.6 Å². The number of likely N-dealkylation sites (N-methyl/N-ethyl adjacent to an activating group) is 1. The van der Waals surface area contributed by atoms with Crippen LogP contribution in [0.15, 0.2) is 4.52 Å². The summed E-state index contributed by atoms with van der Waals surface area (Å²) in [5.41, 5.74) is 0. The molecule has 2 bridgehead atoms. The SMILES string of the molecule is CC(C)c1noc(C2C3CCC(C[C@@H]2C2CCC(Cl)CC2)N3C)n1. The van der Waals surface area contributed by atoms with Crippen LogP contribution in [-0.2, 0) is 0 Å². The van der Waals surface area contributed by atoms with Crippen LogP contribution in [0.5, 0.6) is 0 Å². The van der Waals surface area contributed by atoms with Crippen molar-refractivity contribution >= 4 is 11.6 Å². The molecule has 0 aromatic carbocycles. The molecule has 2 saturated heterocycles. The maximum atomic E-state index is 6.36. The van der Waals surface area contributed by atoms with Gasteiger partial charge in [-0.05, 0) is 63.8 Å². The fourth-order valence-electron chi connectivity index (χ4n) is 5.46. The van der Waals surface area contributed by atoms with Gasteiger partial charge in [-0.1, -0.05) is 19.0 Å².